The van der Waals surface area contributed by atoms with Crippen molar-refractivity contribution in [2.45, 2.75) is 6.54 Å². The van der Waals surface area contributed by atoms with Gasteiger partial charge in [-0.3, -0.25) is 0 Å². The minimum atomic E-state index is -0.555. The van der Waals surface area contributed by atoms with Gasteiger partial charge >= 0.3 is 5.97 Å². The Bertz CT molecular complexity index is 361. The molecule has 0 saturated heterocycles. The largest absolute Gasteiger partial charge is 0.465 e. The zero-order valence-corrected chi connectivity index (χ0v) is 8.65. The quantitative estimate of drug-likeness (QED) is 0.572. The van der Waals surface area contributed by atoms with E-state index in [1.807, 2.05) is 0 Å². The third-order valence-corrected chi connectivity index (χ3v) is 1.93. The summed E-state index contributed by atoms with van der Waals surface area (Å²) in [5.74, 6) is -0.0333. The molecular formula is C8H14N4O3. The van der Waals surface area contributed by atoms with Crippen molar-refractivity contribution >= 4 is 17.6 Å². The first-order valence-corrected chi connectivity index (χ1v) is 4.38. The fraction of sp³-hybridized carbons (Fsp3) is 0.500. The third kappa shape index (κ3) is 2.01. The third-order valence-electron chi connectivity index (χ3n) is 1.93. The van der Waals surface area contributed by atoms with Crippen LogP contribution < -0.4 is 11.1 Å². The van der Waals surface area contributed by atoms with Crippen molar-refractivity contribution in [1.82, 2.24) is 9.78 Å². The highest BCUT2D eigenvalue weighted by Crippen LogP contribution is 2.21. The number of ether oxygens (including phenoxy) is 1. The number of hydrogen-bond donors (Lipinski definition) is 3. The van der Waals surface area contributed by atoms with Gasteiger partial charge in [-0.15, -0.1) is 0 Å². The number of rotatable bonds is 4. The molecule has 0 saturated carbocycles. The zero-order chi connectivity index (χ0) is 11.4. The molecule has 0 aliphatic heterocycles. The number of esters is 1. The Morgan fingerprint density at radius 3 is 2.87 bits per heavy atom. The lowest BCUT2D eigenvalue weighted by atomic mass is 10.3. The monoisotopic (exact) mass is 214 g/mol. The molecule has 4 N–H and O–H groups in total. The van der Waals surface area contributed by atoms with E-state index in [2.05, 4.69) is 15.2 Å². The van der Waals surface area contributed by atoms with Crippen molar-refractivity contribution in [1.29, 1.82) is 0 Å². The SMILES string of the molecule is CNc1nn(CCO)c(N)c1C(=O)OC. The Kier molecular flexibility index (Phi) is 3.51. The zero-order valence-electron chi connectivity index (χ0n) is 8.65. The van der Waals surface area contributed by atoms with Gasteiger partial charge in [0.05, 0.1) is 20.3 Å². The number of aliphatic hydroxyl groups excluding tert-OH is 1. The molecule has 1 aromatic heterocycles. The minimum absolute atomic E-state index is 0.102. The summed E-state index contributed by atoms with van der Waals surface area (Å²) >= 11 is 0. The average Bonchev–Trinajstić information content (AvgIpc) is 2.55. The highest BCUT2D eigenvalue weighted by atomic mass is 16.5. The molecule has 0 amide bonds. The van der Waals surface area contributed by atoms with Crippen LogP contribution in [0, 0.1) is 0 Å². The van der Waals surface area contributed by atoms with Gasteiger partial charge in [-0.25, -0.2) is 9.48 Å². The van der Waals surface area contributed by atoms with Crippen LogP contribution in [0.1, 0.15) is 10.4 Å². The molecule has 84 valence electrons. The number of hydrogen-bond acceptors (Lipinski definition) is 6. The maximum Gasteiger partial charge on any atom is 0.345 e. The van der Waals surface area contributed by atoms with Crippen molar-refractivity contribution in [2.24, 2.45) is 0 Å². The normalized spacial score (nSPS) is 10.1. The molecule has 0 atom stereocenters. The van der Waals surface area contributed by atoms with E-state index in [0.29, 0.717) is 5.82 Å². The van der Waals surface area contributed by atoms with Crippen LogP contribution in [0.2, 0.25) is 0 Å². The van der Waals surface area contributed by atoms with Crippen molar-refractivity contribution in [3.8, 4) is 0 Å². The van der Waals surface area contributed by atoms with Crippen molar-refractivity contribution < 1.29 is 14.6 Å². The van der Waals surface area contributed by atoms with E-state index < -0.39 is 5.97 Å². The van der Waals surface area contributed by atoms with Crippen LogP contribution in [-0.4, -0.2) is 41.6 Å². The molecule has 0 fully saturated rings. The molecule has 15 heavy (non-hydrogen) atoms. The summed E-state index contributed by atoms with van der Waals surface area (Å²) < 4.78 is 5.92. The highest BCUT2D eigenvalue weighted by molar-refractivity contribution is 5.99. The minimum Gasteiger partial charge on any atom is -0.465 e. The molecule has 0 spiro atoms. The van der Waals surface area contributed by atoms with Crippen LogP contribution in [0.5, 0.6) is 0 Å². The fourth-order valence-electron chi connectivity index (χ4n) is 1.22. The summed E-state index contributed by atoms with van der Waals surface area (Å²) in [6.07, 6.45) is 0. The number of nitrogens with one attached hydrogen (secondary N) is 1. The molecule has 0 unspecified atom stereocenters. The predicted octanol–water partition coefficient (Wildman–Crippen LogP) is -0.714. The Morgan fingerprint density at radius 2 is 2.40 bits per heavy atom. The van der Waals surface area contributed by atoms with Gasteiger partial charge in [0.25, 0.3) is 0 Å². The molecule has 0 aliphatic carbocycles. The number of aliphatic hydroxyl groups is 1. The fourth-order valence-corrected chi connectivity index (χ4v) is 1.22. The predicted molar refractivity (Wildman–Crippen MR) is 54.6 cm³/mol. The Labute approximate surface area is 86.8 Å². The standard InChI is InChI=1S/C8H14N4O3/c1-10-7-5(8(14)15-2)6(9)12(11-7)3-4-13/h13H,3-4,9H2,1-2H3,(H,10,11). The van der Waals surface area contributed by atoms with E-state index in [9.17, 15) is 4.79 Å². The summed E-state index contributed by atoms with van der Waals surface area (Å²) in [6.45, 7) is 0.132. The smallest absolute Gasteiger partial charge is 0.345 e. The Balaban J connectivity index is 3.17. The molecule has 0 radical (unpaired) electrons. The number of methoxy groups -OCH3 is 1. The van der Waals surface area contributed by atoms with Gasteiger partial charge < -0.3 is 20.9 Å². The van der Waals surface area contributed by atoms with Crippen LogP contribution >= 0.6 is 0 Å². The lowest BCUT2D eigenvalue weighted by molar-refractivity contribution is 0.0603. The molecule has 1 heterocycles. The van der Waals surface area contributed by atoms with Crippen molar-refractivity contribution in [3.05, 3.63) is 5.56 Å². The topological polar surface area (TPSA) is 102 Å². The molecule has 1 aromatic rings. The van der Waals surface area contributed by atoms with Crippen LogP contribution in [0.3, 0.4) is 0 Å². The van der Waals surface area contributed by atoms with Crippen LogP contribution in [0.4, 0.5) is 11.6 Å². The molecule has 1 rings (SSSR count). The first-order chi connectivity index (χ1) is 7.15. The van der Waals surface area contributed by atoms with Gasteiger partial charge in [-0.05, 0) is 0 Å². The van der Waals surface area contributed by atoms with Gasteiger partial charge in [0, 0.05) is 7.05 Å². The summed E-state index contributed by atoms with van der Waals surface area (Å²) in [5.41, 5.74) is 5.88. The van der Waals surface area contributed by atoms with Gasteiger partial charge in [0.1, 0.15) is 11.4 Å². The first kappa shape index (κ1) is 11.3. The number of nitrogens with two attached hydrogens (primary N) is 1. The number of nitrogens with zero attached hydrogens (tertiary/aromatic N) is 2. The molecule has 0 bridgehead atoms. The maximum atomic E-state index is 11.4. The van der Waals surface area contributed by atoms with Crippen LogP contribution in [0.25, 0.3) is 0 Å². The van der Waals surface area contributed by atoms with Gasteiger partial charge in [0.2, 0.25) is 0 Å². The first-order valence-electron chi connectivity index (χ1n) is 4.38. The summed E-state index contributed by atoms with van der Waals surface area (Å²) in [5, 5.41) is 15.5. The Hall–Kier alpha value is -1.76. The molecule has 7 heteroatoms. The van der Waals surface area contributed by atoms with E-state index in [1.54, 1.807) is 7.05 Å². The van der Waals surface area contributed by atoms with E-state index >= 15 is 0 Å². The van der Waals surface area contributed by atoms with Crippen molar-refractivity contribution in [3.63, 3.8) is 0 Å². The van der Waals surface area contributed by atoms with Gasteiger partial charge in [-0.1, -0.05) is 0 Å². The van der Waals surface area contributed by atoms with Crippen LogP contribution in [-0.2, 0) is 11.3 Å². The number of anilines is 2. The second kappa shape index (κ2) is 4.65. The molecular weight excluding hydrogens is 200 g/mol. The molecule has 7 nitrogen and oxygen atoms in total. The number of carbonyl (C=O) groups excluding carboxylic acids is 1. The van der Waals surface area contributed by atoms with E-state index in [4.69, 9.17) is 10.8 Å². The average molecular weight is 214 g/mol. The summed E-state index contributed by atoms with van der Waals surface area (Å²) in [6, 6.07) is 0. The highest BCUT2D eigenvalue weighted by Gasteiger charge is 2.21. The second-order valence-corrected chi connectivity index (χ2v) is 2.80. The summed E-state index contributed by atoms with van der Waals surface area (Å²) in [4.78, 5) is 11.4. The van der Waals surface area contributed by atoms with E-state index in [-0.39, 0.29) is 24.5 Å². The van der Waals surface area contributed by atoms with Crippen LogP contribution in [0.15, 0.2) is 0 Å². The van der Waals surface area contributed by atoms with E-state index in [0.717, 1.165) is 0 Å². The molecule has 0 aliphatic rings. The van der Waals surface area contributed by atoms with Gasteiger partial charge in [-0.2, -0.15) is 5.10 Å². The lowest BCUT2D eigenvalue weighted by Gasteiger charge is -2.01. The van der Waals surface area contributed by atoms with Crippen molar-refractivity contribution in [2.75, 3.05) is 31.8 Å². The van der Waals surface area contributed by atoms with E-state index in [1.165, 1.54) is 11.8 Å². The summed E-state index contributed by atoms with van der Waals surface area (Å²) in [7, 11) is 2.89. The maximum absolute atomic E-state index is 11.4. The van der Waals surface area contributed by atoms with Gasteiger partial charge in [0.15, 0.2) is 5.82 Å². The number of aromatic nitrogens is 2. The number of carbonyl (C=O) groups is 1. The Morgan fingerprint density at radius 1 is 1.73 bits per heavy atom. The lowest BCUT2D eigenvalue weighted by Crippen LogP contribution is -2.10. The molecule has 0 aromatic carbocycles. The number of nitrogen functional groups attached to an aromatic ring is 1. The second-order valence-electron chi connectivity index (χ2n) is 2.80.